The van der Waals surface area contributed by atoms with Gasteiger partial charge in [-0.05, 0) is 31.6 Å². The van der Waals surface area contributed by atoms with Gasteiger partial charge in [0.25, 0.3) is 0 Å². The molecule has 1 N–H and O–H groups in total. The summed E-state index contributed by atoms with van der Waals surface area (Å²) in [6.45, 7) is 12.3. The molecule has 110 valence electrons. The summed E-state index contributed by atoms with van der Waals surface area (Å²) in [6.07, 6.45) is 3.11. The van der Waals surface area contributed by atoms with Crippen LogP contribution in [-0.4, -0.2) is 17.1 Å². The zero-order chi connectivity index (χ0) is 14.4. The first kappa shape index (κ1) is 18.1. The van der Waals surface area contributed by atoms with Gasteiger partial charge in [0, 0.05) is 0 Å². The van der Waals surface area contributed by atoms with E-state index in [0.717, 1.165) is 12.8 Å². The lowest BCUT2D eigenvalue weighted by Crippen LogP contribution is -2.26. The third kappa shape index (κ3) is 6.89. The second kappa shape index (κ2) is 7.04. The van der Waals surface area contributed by atoms with E-state index in [-0.39, 0.29) is 12.0 Å². The fourth-order valence-electron chi connectivity index (χ4n) is 1.30. The van der Waals surface area contributed by atoms with Crippen molar-refractivity contribution in [3.8, 4) is 0 Å². The van der Waals surface area contributed by atoms with E-state index in [2.05, 4.69) is 20.8 Å². The third-order valence-electron chi connectivity index (χ3n) is 3.82. The highest BCUT2D eigenvalue weighted by molar-refractivity contribution is 7.47. The minimum atomic E-state index is -3.94. The summed E-state index contributed by atoms with van der Waals surface area (Å²) in [4.78, 5) is 9.69. The summed E-state index contributed by atoms with van der Waals surface area (Å²) in [5.41, 5.74) is -0.469. The Kier molecular flexibility index (Phi) is 7.09. The molecule has 4 nitrogen and oxygen atoms in total. The molecule has 0 amide bonds. The topological polar surface area (TPSA) is 55.8 Å². The maximum atomic E-state index is 11.8. The molecule has 0 rings (SSSR count). The van der Waals surface area contributed by atoms with E-state index in [1.54, 1.807) is 0 Å². The average Bonchev–Trinajstić information content (AvgIpc) is 2.27. The summed E-state index contributed by atoms with van der Waals surface area (Å²) in [7, 11) is -3.94. The highest BCUT2D eigenvalue weighted by atomic mass is 31.2. The Hall–Kier alpha value is 0.110. The second-order valence-corrected chi connectivity index (χ2v) is 7.20. The second-order valence-electron chi connectivity index (χ2n) is 5.82. The van der Waals surface area contributed by atoms with Crippen molar-refractivity contribution in [1.29, 1.82) is 0 Å². The molecule has 0 saturated heterocycles. The summed E-state index contributed by atoms with van der Waals surface area (Å²) in [5.74, 6) is 0. The molecule has 0 aromatic carbocycles. The highest BCUT2D eigenvalue weighted by Crippen LogP contribution is 2.49. The molecule has 0 aromatic rings. The van der Waals surface area contributed by atoms with Crippen LogP contribution >= 0.6 is 7.82 Å². The first-order chi connectivity index (χ1) is 8.10. The lowest BCUT2D eigenvalue weighted by molar-refractivity contribution is 0.0262. The highest BCUT2D eigenvalue weighted by Gasteiger charge is 2.33. The fraction of sp³-hybridized carbons (Fsp3) is 1.00. The Labute approximate surface area is 112 Å². The maximum absolute atomic E-state index is 11.8. The average molecular weight is 280 g/mol. The number of rotatable bonds is 9. The summed E-state index contributed by atoms with van der Waals surface area (Å²) in [6, 6.07) is 0. The molecular formula is C13H29O4P. The van der Waals surface area contributed by atoms with Gasteiger partial charge in [0.05, 0.1) is 12.2 Å². The molecule has 0 aliphatic rings. The van der Waals surface area contributed by atoms with Crippen LogP contribution in [0.25, 0.3) is 0 Å². The molecular weight excluding hydrogens is 251 g/mol. The van der Waals surface area contributed by atoms with E-state index in [4.69, 9.17) is 9.05 Å². The van der Waals surface area contributed by atoms with Crippen LogP contribution < -0.4 is 0 Å². The molecule has 0 aliphatic carbocycles. The minimum absolute atomic E-state index is 0.124. The quantitative estimate of drug-likeness (QED) is 0.631. The summed E-state index contributed by atoms with van der Waals surface area (Å²) >= 11 is 0. The van der Waals surface area contributed by atoms with Crippen LogP contribution in [0.1, 0.15) is 67.2 Å². The monoisotopic (exact) mass is 280 g/mol. The Morgan fingerprint density at radius 1 is 1.06 bits per heavy atom. The van der Waals surface area contributed by atoms with E-state index in [0.29, 0.717) is 12.8 Å². The van der Waals surface area contributed by atoms with E-state index in [1.807, 2.05) is 20.8 Å². The molecule has 5 heteroatoms. The van der Waals surface area contributed by atoms with Crippen molar-refractivity contribution in [2.24, 2.45) is 5.41 Å². The third-order valence-corrected chi connectivity index (χ3v) is 5.00. The van der Waals surface area contributed by atoms with E-state index >= 15 is 0 Å². The predicted octanol–water partition coefficient (Wildman–Crippen LogP) is 4.53. The van der Waals surface area contributed by atoms with Crippen LogP contribution in [-0.2, 0) is 13.6 Å². The van der Waals surface area contributed by atoms with E-state index in [9.17, 15) is 9.46 Å². The van der Waals surface area contributed by atoms with Gasteiger partial charge in [0.1, 0.15) is 0 Å². The van der Waals surface area contributed by atoms with Crippen LogP contribution in [0.15, 0.2) is 0 Å². The lowest BCUT2D eigenvalue weighted by Gasteiger charge is -2.29. The fourth-order valence-corrected chi connectivity index (χ4v) is 2.49. The number of hydrogen-bond acceptors (Lipinski definition) is 3. The first-order valence-electron chi connectivity index (χ1n) is 6.78. The van der Waals surface area contributed by atoms with E-state index in [1.165, 1.54) is 0 Å². The van der Waals surface area contributed by atoms with E-state index < -0.39 is 13.4 Å². The molecule has 0 spiro atoms. The normalized spacial score (nSPS) is 16.6. The zero-order valence-corrected chi connectivity index (χ0v) is 13.5. The Bertz CT molecular complexity index is 285. The molecule has 0 saturated carbocycles. The van der Waals surface area contributed by atoms with Gasteiger partial charge in [0.2, 0.25) is 0 Å². The number of hydrogen-bond donors (Lipinski definition) is 1. The van der Waals surface area contributed by atoms with Crippen molar-refractivity contribution >= 4 is 7.82 Å². The molecule has 0 aromatic heterocycles. The lowest BCUT2D eigenvalue weighted by atomic mass is 9.87. The van der Waals surface area contributed by atoms with Crippen molar-refractivity contribution in [2.75, 3.05) is 6.61 Å². The molecule has 0 bridgehead atoms. The molecule has 18 heavy (non-hydrogen) atoms. The zero-order valence-electron chi connectivity index (χ0n) is 12.7. The number of phosphoric ester groups is 1. The molecule has 0 fully saturated rings. The maximum Gasteiger partial charge on any atom is 0.472 e. The van der Waals surface area contributed by atoms with Crippen molar-refractivity contribution < 1.29 is 18.5 Å². The summed E-state index contributed by atoms with van der Waals surface area (Å²) < 4.78 is 22.1. The van der Waals surface area contributed by atoms with Crippen molar-refractivity contribution in [2.45, 2.75) is 72.8 Å². The van der Waals surface area contributed by atoms with Gasteiger partial charge in [-0.1, -0.05) is 41.0 Å². The number of phosphoric acid groups is 1. The van der Waals surface area contributed by atoms with Crippen LogP contribution in [0.3, 0.4) is 0 Å². The SMILES string of the molecule is CCC(C)(C)CCOP(=O)(O)OC(C)(CC)CC. The van der Waals surface area contributed by atoms with Gasteiger partial charge >= 0.3 is 7.82 Å². The van der Waals surface area contributed by atoms with Crippen molar-refractivity contribution in [3.05, 3.63) is 0 Å². The van der Waals surface area contributed by atoms with Gasteiger partial charge in [-0.25, -0.2) is 4.57 Å². The predicted molar refractivity (Wildman–Crippen MR) is 74.5 cm³/mol. The van der Waals surface area contributed by atoms with Gasteiger partial charge in [-0.3, -0.25) is 9.05 Å². The molecule has 0 aliphatic heterocycles. The molecule has 1 atom stereocenters. The smallest absolute Gasteiger partial charge is 0.302 e. The first-order valence-corrected chi connectivity index (χ1v) is 8.27. The van der Waals surface area contributed by atoms with Gasteiger partial charge in [-0.15, -0.1) is 0 Å². The Morgan fingerprint density at radius 3 is 1.94 bits per heavy atom. The molecule has 1 unspecified atom stereocenters. The minimum Gasteiger partial charge on any atom is -0.302 e. The van der Waals surface area contributed by atoms with Crippen molar-refractivity contribution in [3.63, 3.8) is 0 Å². The van der Waals surface area contributed by atoms with Crippen molar-refractivity contribution in [1.82, 2.24) is 0 Å². The summed E-state index contributed by atoms with van der Waals surface area (Å²) in [5, 5.41) is 0. The Morgan fingerprint density at radius 2 is 1.56 bits per heavy atom. The van der Waals surface area contributed by atoms with Gasteiger partial charge in [-0.2, -0.15) is 0 Å². The molecule has 0 radical (unpaired) electrons. The van der Waals surface area contributed by atoms with Crippen LogP contribution in [0.5, 0.6) is 0 Å². The Balaban J connectivity index is 4.29. The van der Waals surface area contributed by atoms with Gasteiger partial charge < -0.3 is 4.89 Å². The van der Waals surface area contributed by atoms with Crippen LogP contribution in [0.2, 0.25) is 0 Å². The van der Waals surface area contributed by atoms with Crippen LogP contribution in [0.4, 0.5) is 0 Å². The van der Waals surface area contributed by atoms with Crippen LogP contribution in [0, 0.1) is 5.41 Å². The van der Waals surface area contributed by atoms with Gasteiger partial charge in [0.15, 0.2) is 0 Å². The standard InChI is InChI=1S/C13H29O4P/c1-7-12(4,5)10-11-16-18(14,15)17-13(6,8-2)9-3/h7-11H2,1-6H3,(H,14,15). The molecule has 0 heterocycles. The largest absolute Gasteiger partial charge is 0.472 e.